The fourth-order valence-corrected chi connectivity index (χ4v) is 3.97. The molecule has 1 spiro atoms. The third kappa shape index (κ3) is 2.01. The molecule has 4 rings (SSSR count). The Hall–Kier alpha value is -1.95. The minimum absolute atomic E-state index is 0.0949. The second-order valence-corrected chi connectivity index (χ2v) is 6.85. The smallest absolute Gasteiger partial charge is 0.256 e. The second kappa shape index (κ2) is 4.78. The Morgan fingerprint density at radius 1 is 1.18 bits per heavy atom. The Morgan fingerprint density at radius 2 is 2.00 bits per heavy atom. The van der Waals surface area contributed by atoms with E-state index in [1.807, 2.05) is 16.5 Å². The number of carbonyl (C=O) groups is 1. The Morgan fingerprint density at radius 3 is 2.77 bits per heavy atom. The molecule has 2 aromatic rings. The van der Waals surface area contributed by atoms with Crippen LogP contribution in [-0.4, -0.2) is 63.5 Å². The van der Waals surface area contributed by atoms with E-state index < -0.39 is 0 Å². The molecule has 1 amide bonds. The number of pyridine rings is 1. The number of fused-ring (bicyclic) bond motifs is 1. The highest BCUT2D eigenvalue weighted by Crippen LogP contribution is 2.39. The molecule has 2 aliphatic rings. The molecule has 0 aromatic carbocycles. The highest BCUT2D eigenvalue weighted by molar-refractivity contribution is 6.04. The molecule has 0 bridgehead atoms. The van der Waals surface area contributed by atoms with Gasteiger partial charge in [-0.15, -0.1) is 0 Å². The molecule has 2 aromatic heterocycles. The first-order valence-corrected chi connectivity index (χ1v) is 7.82. The number of carbonyl (C=O) groups excluding carboxylic acids is 1. The van der Waals surface area contributed by atoms with Gasteiger partial charge in [-0.1, -0.05) is 0 Å². The molecule has 1 unspecified atom stereocenters. The summed E-state index contributed by atoms with van der Waals surface area (Å²) in [6.07, 6.45) is 5.72. The van der Waals surface area contributed by atoms with Gasteiger partial charge in [-0.3, -0.25) is 4.79 Å². The molecule has 4 heterocycles. The van der Waals surface area contributed by atoms with Gasteiger partial charge in [-0.25, -0.2) is 9.97 Å². The van der Waals surface area contributed by atoms with Gasteiger partial charge in [0.05, 0.1) is 11.9 Å². The molecular weight excluding hydrogens is 278 g/mol. The molecule has 6 heteroatoms. The van der Waals surface area contributed by atoms with E-state index in [9.17, 15) is 4.79 Å². The first kappa shape index (κ1) is 13.7. The van der Waals surface area contributed by atoms with Crippen molar-refractivity contribution in [2.75, 3.05) is 33.2 Å². The van der Waals surface area contributed by atoms with Crippen molar-refractivity contribution in [1.29, 1.82) is 0 Å². The Kier molecular flexibility index (Phi) is 2.97. The van der Waals surface area contributed by atoms with Gasteiger partial charge >= 0.3 is 0 Å². The highest BCUT2D eigenvalue weighted by atomic mass is 16.2. The summed E-state index contributed by atoms with van der Waals surface area (Å²) in [7, 11) is 4.06. The SMILES string of the molecule is CN1CCC2(CCN(C(=O)c3ccnc4c3ncn4C)C2)C1. The van der Waals surface area contributed by atoms with Crippen LogP contribution in [0.25, 0.3) is 11.2 Å². The summed E-state index contributed by atoms with van der Waals surface area (Å²) in [5.41, 5.74) is 2.45. The Bertz CT molecular complexity index is 739. The summed E-state index contributed by atoms with van der Waals surface area (Å²) in [4.78, 5) is 26.0. The Labute approximate surface area is 129 Å². The summed E-state index contributed by atoms with van der Waals surface area (Å²) >= 11 is 0. The van der Waals surface area contributed by atoms with Gasteiger partial charge in [0.25, 0.3) is 5.91 Å². The molecule has 0 N–H and O–H groups in total. The molecule has 22 heavy (non-hydrogen) atoms. The van der Waals surface area contributed by atoms with Gasteiger partial charge in [0.2, 0.25) is 0 Å². The monoisotopic (exact) mass is 299 g/mol. The van der Waals surface area contributed by atoms with Crippen LogP contribution in [0.5, 0.6) is 0 Å². The fourth-order valence-electron chi connectivity index (χ4n) is 3.97. The van der Waals surface area contributed by atoms with Crippen molar-refractivity contribution in [2.45, 2.75) is 12.8 Å². The van der Waals surface area contributed by atoms with E-state index in [0.29, 0.717) is 16.5 Å². The fraction of sp³-hybridized carbons (Fsp3) is 0.562. The lowest BCUT2D eigenvalue weighted by atomic mass is 9.86. The number of rotatable bonds is 1. The van der Waals surface area contributed by atoms with Crippen molar-refractivity contribution in [3.63, 3.8) is 0 Å². The zero-order chi connectivity index (χ0) is 15.3. The molecule has 116 valence electrons. The van der Waals surface area contributed by atoms with E-state index in [0.717, 1.165) is 38.2 Å². The largest absolute Gasteiger partial charge is 0.338 e. The first-order chi connectivity index (χ1) is 10.6. The van der Waals surface area contributed by atoms with Crippen molar-refractivity contribution in [1.82, 2.24) is 24.3 Å². The van der Waals surface area contributed by atoms with Gasteiger partial charge < -0.3 is 14.4 Å². The normalized spacial score (nSPS) is 25.6. The summed E-state index contributed by atoms with van der Waals surface area (Å²) in [6, 6.07) is 1.80. The molecule has 2 saturated heterocycles. The van der Waals surface area contributed by atoms with Crippen LogP contribution in [0, 0.1) is 5.41 Å². The molecule has 2 fully saturated rings. The molecule has 2 aliphatic heterocycles. The van der Waals surface area contributed by atoms with Crippen LogP contribution in [0.1, 0.15) is 23.2 Å². The summed E-state index contributed by atoms with van der Waals surface area (Å²) in [6.45, 7) is 3.96. The number of nitrogens with zero attached hydrogens (tertiary/aromatic N) is 5. The van der Waals surface area contributed by atoms with Crippen LogP contribution >= 0.6 is 0 Å². The van der Waals surface area contributed by atoms with E-state index in [-0.39, 0.29) is 5.91 Å². The van der Waals surface area contributed by atoms with Gasteiger partial charge in [0.15, 0.2) is 5.65 Å². The van der Waals surface area contributed by atoms with Crippen LogP contribution in [0.2, 0.25) is 0 Å². The van der Waals surface area contributed by atoms with Crippen molar-refractivity contribution in [3.8, 4) is 0 Å². The van der Waals surface area contributed by atoms with Crippen LogP contribution in [-0.2, 0) is 7.05 Å². The number of likely N-dealkylation sites (tertiary alicyclic amines) is 2. The summed E-state index contributed by atoms with van der Waals surface area (Å²) < 4.78 is 1.85. The zero-order valence-electron chi connectivity index (χ0n) is 13.1. The first-order valence-electron chi connectivity index (χ1n) is 7.82. The van der Waals surface area contributed by atoms with Crippen molar-refractivity contribution >= 4 is 17.1 Å². The lowest BCUT2D eigenvalue weighted by molar-refractivity contribution is 0.0775. The minimum Gasteiger partial charge on any atom is -0.338 e. The predicted molar refractivity (Wildman–Crippen MR) is 83.6 cm³/mol. The van der Waals surface area contributed by atoms with Gasteiger partial charge in [0, 0.05) is 38.3 Å². The molecule has 1 atom stereocenters. The quantitative estimate of drug-likeness (QED) is 0.792. The maximum atomic E-state index is 12.9. The predicted octanol–water partition coefficient (Wildman–Crippen LogP) is 1.14. The molecule has 0 radical (unpaired) electrons. The van der Waals surface area contributed by atoms with Crippen molar-refractivity contribution < 1.29 is 4.79 Å². The third-order valence-corrected chi connectivity index (χ3v) is 5.18. The van der Waals surface area contributed by atoms with Gasteiger partial charge in [0.1, 0.15) is 5.52 Å². The molecule has 0 aliphatic carbocycles. The molecule has 0 saturated carbocycles. The van der Waals surface area contributed by atoms with Crippen LogP contribution in [0.4, 0.5) is 0 Å². The van der Waals surface area contributed by atoms with Crippen LogP contribution < -0.4 is 0 Å². The number of hydrogen-bond acceptors (Lipinski definition) is 4. The summed E-state index contributed by atoms with van der Waals surface area (Å²) in [5, 5.41) is 0. The number of aryl methyl sites for hydroxylation is 1. The van der Waals surface area contributed by atoms with E-state index in [1.54, 1.807) is 18.6 Å². The average Bonchev–Trinajstić information content (AvgIpc) is 3.20. The van der Waals surface area contributed by atoms with E-state index in [1.165, 1.54) is 6.42 Å². The van der Waals surface area contributed by atoms with Crippen molar-refractivity contribution in [2.24, 2.45) is 12.5 Å². The van der Waals surface area contributed by atoms with Crippen molar-refractivity contribution in [3.05, 3.63) is 24.2 Å². The average molecular weight is 299 g/mol. The van der Waals surface area contributed by atoms with Gasteiger partial charge in [-0.2, -0.15) is 0 Å². The maximum Gasteiger partial charge on any atom is 0.256 e. The lowest BCUT2D eigenvalue weighted by Gasteiger charge is -2.23. The molecular formula is C16H21N5O. The van der Waals surface area contributed by atoms with E-state index in [4.69, 9.17) is 0 Å². The number of aromatic nitrogens is 3. The third-order valence-electron chi connectivity index (χ3n) is 5.18. The highest BCUT2D eigenvalue weighted by Gasteiger charge is 2.44. The maximum absolute atomic E-state index is 12.9. The standard InChI is InChI=1S/C16H21N5O/c1-19-7-4-16(9-19)5-8-21(10-16)15(22)12-3-6-17-14-13(12)18-11-20(14)2/h3,6,11H,4-5,7-10H2,1-2H3. The number of hydrogen-bond donors (Lipinski definition) is 0. The minimum atomic E-state index is 0.0949. The number of amides is 1. The molecule has 6 nitrogen and oxygen atoms in total. The number of imidazole rings is 1. The summed E-state index contributed by atoms with van der Waals surface area (Å²) in [5.74, 6) is 0.0949. The van der Waals surface area contributed by atoms with Gasteiger partial charge in [-0.05, 0) is 32.5 Å². The zero-order valence-corrected chi connectivity index (χ0v) is 13.1. The topological polar surface area (TPSA) is 54.3 Å². The second-order valence-electron chi connectivity index (χ2n) is 6.85. The van der Waals surface area contributed by atoms with E-state index in [2.05, 4.69) is 21.9 Å². The van der Waals surface area contributed by atoms with Crippen LogP contribution in [0.3, 0.4) is 0 Å². The lowest BCUT2D eigenvalue weighted by Crippen LogP contribution is -2.33. The van der Waals surface area contributed by atoms with Crippen LogP contribution in [0.15, 0.2) is 18.6 Å². The van der Waals surface area contributed by atoms with E-state index >= 15 is 0 Å². The Balaban J connectivity index is 1.62.